The first-order valence-electron chi connectivity index (χ1n) is 11.8. The molecule has 1 atom stereocenters. The van der Waals surface area contributed by atoms with Crippen LogP contribution in [0.4, 0.5) is 0 Å². The van der Waals surface area contributed by atoms with E-state index >= 15 is 0 Å². The summed E-state index contributed by atoms with van der Waals surface area (Å²) in [6, 6.07) is 25.8. The summed E-state index contributed by atoms with van der Waals surface area (Å²) >= 11 is 5.97. The molecule has 9 heteroatoms. The summed E-state index contributed by atoms with van der Waals surface area (Å²) in [6.07, 6.45) is -0.0166. The molecular weight excluding hydrogens is 526 g/mol. The molecule has 0 unspecified atom stereocenters. The summed E-state index contributed by atoms with van der Waals surface area (Å²) < 4.78 is 32.1. The van der Waals surface area contributed by atoms with E-state index in [9.17, 15) is 18.3 Å². The minimum absolute atomic E-state index is 0.0848. The van der Waals surface area contributed by atoms with E-state index in [4.69, 9.17) is 21.4 Å². The molecule has 38 heavy (non-hydrogen) atoms. The third-order valence-electron chi connectivity index (χ3n) is 5.85. The Labute approximate surface area is 226 Å². The van der Waals surface area contributed by atoms with Gasteiger partial charge in [0.2, 0.25) is 9.84 Å². The Morgan fingerprint density at radius 3 is 2.26 bits per heavy atom. The summed E-state index contributed by atoms with van der Waals surface area (Å²) in [5.74, 6) is -0.334. The SMILES string of the molecule is O=C(O)c1ccc(Oc2cccc(S(=O)(=O)c3ccc(CCNC[C@H](O)c4cccc(Cl)c4)cc3)c2)cc1. The number of hydrogen-bond acceptors (Lipinski definition) is 6. The van der Waals surface area contributed by atoms with Gasteiger partial charge in [0, 0.05) is 11.6 Å². The van der Waals surface area contributed by atoms with E-state index in [1.807, 2.05) is 6.07 Å². The lowest BCUT2D eigenvalue weighted by Crippen LogP contribution is -2.23. The third-order valence-corrected chi connectivity index (χ3v) is 7.85. The number of sulfone groups is 1. The molecule has 0 heterocycles. The molecule has 0 aliphatic carbocycles. The molecule has 0 radical (unpaired) electrons. The van der Waals surface area contributed by atoms with Crippen molar-refractivity contribution in [2.24, 2.45) is 0 Å². The molecule has 3 N–H and O–H groups in total. The van der Waals surface area contributed by atoms with Gasteiger partial charge in [0.25, 0.3) is 0 Å². The Bertz CT molecular complexity index is 1510. The zero-order valence-corrected chi connectivity index (χ0v) is 21.8. The molecule has 4 rings (SSSR count). The van der Waals surface area contributed by atoms with Crippen molar-refractivity contribution in [2.75, 3.05) is 13.1 Å². The van der Waals surface area contributed by atoms with Gasteiger partial charge in [-0.1, -0.05) is 41.9 Å². The number of nitrogens with one attached hydrogen (secondary N) is 1. The first-order valence-corrected chi connectivity index (χ1v) is 13.7. The first-order chi connectivity index (χ1) is 18.2. The molecule has 7 nitrogen and oxygen atoms in total. The van der Waals surface area contributed by atoms with Crippen LogP contribution in [0.2, 0.25) is 5.02 Å². The number of carboxylic acids is 1. The quantitative estimate of drug-likeness (QED) is 0.210. The van der Waals surface area contributed by atoms with Gasteiger partial charge >= 0.3 is 5.97 Å². The van der Waals surface area contributed by atoms with Crippen LogP contribution in [-0.4, -0.2) is 37.7 Å². The number of ether oxygens (including phenoxy) is 1. The van der Waals surface area contributed by atoms with Gasteiger partial charge in [-0.05, 0) is 90.8 Å². The maximum Gasteiger partial charge on any atom is 0.335 e. The molecule has 4 aromatic carbocycles. The van der Waals surface area contributed by atoms with Crippen LogP contribution in [0.3, 0.4) is 0 Å². The topological polar surface area (TPSA) is 113 Å². The Balaban J connectivity index is 1.35. The third kappa shape index (κ3) is 6.99. The first kappa shape index (κ1) is 27.3. The highest BCUT2D eigenvalue weighted by molar-refractivity contribution is 7.91. The van der Waals surface area contributed by atoms with Crippen molar-refractivity contribution in [1.29, 1.82) is 0 Å². The molecule has 0 spiro atoms. The molecule has 0 bridgehead atoms. The van der Waals surface area contributed by atoms with Crippen molar-refractivity contribution >= 4 is 27.4 Å². The van der Waals surface area contributed by atoms with E-state index in [1.165, 1.54) is 36.4 Å². The number of aliphatic hydroxyl groups excluding tert-OH is 1. The van der Waals surface area contributed by atoms with Gasteiger partial charge in [0.05, 0.1) is 21.5 Å². The van der Waals surface area contributed by atoms with Crippen LogP contribution in [0.25, 0.3) is 0 Å². The van der Waals surface area contributed by atoms with Crippen molar-refractivity contribution in [3.63, 3.8) is 0 Å². The maximum absolute atomic E-state index is 13.2. The fourth-order valence-electron chi connectivity index (χ4n) is 3.78. The van der Waals surface area contributed by atoms with Gasteiger partial charge in [0.15, 0.2) is 0 Å². The van der Waals surface area contributed by atoms with Crippen LogP contribution < -0.4 is 10.1 Å². The minimum atomic E-state index is -3.78. The Hall–Kier alpha value is -3.69. The van der Waals surface area contributed by atoms with Crippen molar-refractivity contribution < 1.29 is 28.2 Å². The predicted molar refractivity (Wildman–Crippen MR) is 145 cm³/mol. The normalized spacial score (nSPS) is 12.2. The summed E-state index contributed by atoms with van der Waals surface area (Å²) in [4.78, 5) is 11.3. The summed E-state index contributed by atoms with van der Waals surface area (Å²) in [6.45, 7) is 0.978. The van der Waals surface area contributed by atoms with E-state index < -0.39 is 21.9 Å². The van der Waals surface area contributed by atoms with Crippen molar-refractivity contribution in [3.8, 4) is 11.5 Å². The number of carbonyl (C=O) groups is 1. The van der Waals surface area contributed by atoms with Crippen molar-refractivity contribution in [3.05, 3.63) is 119 Å². The van der Waals surface area contributed by atoms with Crippen molar-refractivity contribution in [1.82, 2.24) is 5.32 Å². The molecule has 0 saturated heterocycles. The van der Waals surface area contributed by atoms with Gasteiger partial charge in [-0.3, -0.25) is 0 Å². The number of benzene rings is 4. The molecule has 196 valence electrons. The summed E-state index contributed by atoms with van der Waals surface area (Å²) in [5, 5.41) is 23.1. The number of aliphatic hydroxyl groups is 1. The highest BCUT2D eigenvalue weighted by Gasteiger charge is 2.18. The second kappa shape index (κ2) is 12.2. The lowest BCUT2D eigenvalue weighted by Gasteiger charge is -2.13. The molecule has 0 aliphatic rings. The number of halogens is 1. The van der Waals surface area contributed by atoms with E-state index in [0.717, 1.165) is 11.1 Å². The molecule has 0 saturated carbocycles. The second-order valence-corrected chi connectivity index (χ2v) is 11.0. The van der Waals surface area contributed by atoms with E-state index in [0.29, 0.717) is 36.0 Å². The summed E-state index contributed by atoms with van der Waals surface area (Å²) in [7, 11) is -3.78. The number of aromatic carboxylic acids is 1. The number of carboxylic acid groups (broad SMARTS) is 1. The van der Waals surface area contributed by atoms with Crippen LogP contribution in [0.1, 0.15) is 27.6 Å². The number of hydrogen-bond donors (Lipinski definition) is 3. The number of rotatable bonds is 11. The molecule has 0 amide bonds. The predicted octanol–water partition coefficient (Wildman–Crippen LogP) is 5.53. The minimum Gasteiger partial charge on any atom is -0.478 e. The summed E-state index contributed by atoms with van der Waals surface area (Å²) in [5.41, 5.74) is 1.82. The highest BCUT2D eigenvalue weighted by atomic mass is 35.5. The zero-order valence-electron chi connectivity index (χ0n) is 20.2. The highest BCUT2D eigenvalue weighted by Crippen LogP contribution is 2.28. The van der Waals surface area contributed by atoms with Crippen LogP contribution >= 0.6 is 11.6 Å². The Morgan fingerprint density at radius 2 is 1.58 bits per heavy atom. The molecule has 0 aliphatic heterocycles. The average molecular weight is 552 g/mol. The van der Waals surface area contributed by atoms with Gasteiger partial charge in [-0.25, -0.2) is 13.2 Å². The maximum atomic E-state index is 13.2. The Morgan fingerprint density at radius 1 is 0.868 bits per heavy atom. The van der Waals surface area contributed by atoms with Gasteiger partial charge in [-0.15, -0.1) is 0 Å². The average Bonchev–Trinajstić information content (AvgIpc) is 2.92. The largest absolute Gasteiger partial charge is 0.478 e. The molecule has 4 aromatic rings. The lowest BCUT2D eigenvalue weighted by atomic mass is 10.1. The fraction of sp³-hybridized carbons (Fsp3) is 0.138. The molecular formula is C29H26ClNO6S. The monoisotopic (exact) mass is 551 g/mol. The van der Waals surface area contributed by atoms with E-state index in [1.54, 1.807) is 54.6 Å². The standard InChI is InChI=1S/C29H26ClNO6S/c30-23-4-1-3-22(17-23)28(32)19-31-16-15-20-7-13-26(14-8-20)38(35,36)27-6-2-5-25(18-27)37-24-11-9-21(10-12-24)29(33)34/h1-14,17-18,28,31-32H,15-16,19H2,(H,33,34)/t28-/m0/s1. The van der Waals surface area contributed by atoms with Crippen molar-refractivity contribution in [2.45, 2.75) is 22.3 Å². The zero-order chi connectivity index (χ0) is 27.1. The lowest BCUT2D eigenvalue weighted by molar-refractivity contribution is 0.0697. The van der Waals surface area contributed by atoms with Crippen LogP contribution in [0.5, 0.6) is 11.5 Å². The second-order valence-electron chi connectivity index (χ2n) is 8.58. The van der Waals surface area contributed by atoms with Crippen LogP contribution in [0, 0.1) is 0 Å². The smallest absolute Gasteiger partial charge is 0.335 e. The van der Waals surface area contributed by atoms with Gasteiger partial charge in [0.1, 0.15) is 11.5 Å². The fourth-order valence-corrected chi connectivity index (χ4v) is 5.28. The van der Waals surface area contributed by atoms with Gasteiger partial charge in [-0.2, -0.15) is 0 Å². The van der Waals surface area contributed by atoms with E-state index in [-0.39, 0.29) is 15.4 Å². The Kier molecular flexibility index (Phi) is 8.81. The molecule has 0 fully saturated rings. The van der Waals surface area contributed by atoms with E-state index in [2.05, 4.69) is 5.32 Å². The van der Waals surface area contributed by atoms with Crippen LogP contribution in [0.15, 0.2) is 107 Å². The van der Waals surface area contributed by atoms with Crippen LogP contribution in [-0.2, 0) is 16.3 Å². The van der Waals surface area contributed by atoms with Gasteiger partial charge < -0.3 is 20.3 Å². The molecule has 0 aromatic heterocycles.